The molecule has 2 rings (SSSR count). The predicted molar refractivity (Wildman–Crippen MR) is 57.7 cm³/mol. The molecule has 0 radical (unpaired) electrons. The third-order valence-corrected chi connectivity index (χ3v) is 2.01. The van der Waals surface area contributed by atoms with E-state index in [1.807, 2.05) is 0 Å². The summed E-state index contributed by atoms with van der Waals surface area (Å²) in [7, 11) is 0. The number of nitrogens with zero attached hydrogens (tertiary/aromatic N) is 2. The first-order valence-corrected chi connectivity index (χ1v) is 4.66. The van der Waals surface area contributed by atoms with Crippen molar-refractivity contribution in [2.24, 2.45) is 0 Å². The average Bonchev–Trinajstić information content (AvgIpc) is 2.22. The van der Waals surface area contributed by atoms with Gasteiger partial charge in [0.15, 0.2) is 0 Å². The van der Waals surface area contributed by atoms with Gasteiger partial charge in [-0.05, 0) is 30.7 Å². The minimum absolute atomic E-state index is 0.299. The third kappa shape index (κ3) is 2.25. The standard InChI is InChI=1S/C11H10FN3O/c1-7-4-8(12)2-3-9(7)16-11-5-10(13)14-6-15-11/h2-6H,1H3,(H2,13,14,15). The average molecular weight is 219 g/mol. The van der Waals surface area contributed by atoms with Crippen molar-refractivity contribution in [1.29, 1.82) is 0 Å². The number of aryl methyl sites for hydroxylation is 1. The number of hydrogen-bond donors (Lipinski definition) is 1. The fourth-order valence-electron chi connectivity index (χ4n) is 1.25. The molecule has 0 fully saturated rings. The number of halogens is 1. The van der Waals surface area contributed by atoms with Crippen LogP contribution in [0.5, 0.6) is 11.6 Å². The van der Waals surface area contributed by atoms with E-state index in [9.17, 15) is 4.39 Å². The maximum Gasteiger partial charge on any atom is 0.224 e. The molecule has 16 heavy (non-hydrogen) atoms. The highest BCUT2D eigenvalue weighted by Gasteiger charge is 2.04. The summed E-state index contributed by atoms with van der Waals surface area (Å²) < 4.78 is 18.3. The molecule has 1 aromatic heterocycles. The Kier molecular flexibility index (Phi) is 2.68. The molecular weight excluding hydrogens is 209 g/mol. The molecule has 0 unspecified atom stereocenters. The van der Waals surface area contributed by atoms with Gasteiger partial charge in [-0.1, -0.05) is 0 Å². The molecule has 0 saturated carbocycles. The SMILES string of the molecule is Cc1cc(F)ccc1Oc1cc(N)ncn1. The highest BCUT2D eigenvalue weighted by Crippen LogP contribution is 2.24. The lowest BCUT2D eigenvalue weighted by Crippen LogP contribution is -1.95. The Bertz CT molecular complexity index is 516. The van der Waals surface area contributed by atoms with Crippen molar-refractivity contribution < 1.29 is 9.13 Å². The fourth-order valence-corrected chi connectivity index (χ4v) is 1.25. The first kappa shape index (κ1) is 10.4. The minimum atomic E-state index is -0.299. The molecule has 0 aliphatic heterocycles. The van der Waals surface area contributed by atoms with Crippen LogP contribution in [-0.4, -0.2) is 9.97 Å². The molecule has 5 heteroatoms. The van der Waals surface area contributed by atoms with E-state index in [1.165, 1.54) is 24.5 Å². The van der Waals surface area contributed by atoms with Crippen molar-refractivity contribution in [2.75, 3.05) is 5.73 Å². The van der Waals surface area contributed by atoms with E-state index in [2.05, 4.69) is 9.97 Å². The quantitative estimate of drug-likeness (QED) is 0.841. The van der Waals surface area contributed by atoms with Crippen LogP contribution in [0, 0.1) is 12.7 Å². The molecular formula is C11H10FN3O. The number of hydrogen-bond acceptors (Lipinski definition) is 4. The molecule has 0 atom stereocenters. The molecule has 0 spiro atoms. The lowest BCUT2D eigenvalue weighted by Gasteiger charge is -2.07. The Morgan fingerprint density at radius 2 is 2.06 bits per heavy atom. The lowest BCUT2D eigenvalue weighted by atomic mass is 10.2. The summed E-state index contributed by atoms with van der Waals surface area (Å²) in [5.41, 5.74) is 6.18. The van der Waals surface area contributed by atoms with Crippen molar-refractivity contribution in [1.82, 2.24) is 9.97 Å². The van der Waals surface area contributed by atoms with Crippen LogP contribution in [0.1, 0.15) is 5.56 Å². The summed E-state index contributed by atoms with van der Waals surface area (Å²) in [5, 5.41) is 0. The molecule has 2 aromatic rings. The number of nitrogen functional groups attached to an aromatic ring is 1. The van der Waals surface area contributed by atoms with Gasteiger partial charge < -0.3 is 10.5 Å². The Balaban J connectivity index is 2.27. The Hall–Kier alpha value is -2.17. The molecule has 2 N–H and O–H groups in total. The second-order valence-electron chi connectivity index (χ2n) is 3.29. The van der Waals surface area contributed by atoms with Gasteiger partial charge in [0.1, 0.15) is 23.7 Å². The fraction of sp³-hybridized carbons (Fsp3) is 0.0909. The topological polar surface area (TPSA) is 61.0 Å². The van der Waals surface area contributed by atoms with E-state index in [1.54, 1.807) is 13.0 Å². The molecule has 0 aliphatic carbocycles. The van der Waals surface area contributed by atoms with Gasteiger partial charge in [-0.15, -0.1) is 0 Å². The highest BCUT2D eigenvalue weighted by molar-refractivity contribution is 5.38. The van der Waals surface area contributed by atoms with E-state index in [-0.39, 0.29) is 5.82 Å². The van der Waals surface area contributed by atoms with E-state index >= 15 is 0 Å². The zero-order valence-corrected chi connectivity index (χ0v) is 8.64. The van der Waals surface area contributed by atoms with Crippen LogP contribution < -0.4 is 10.5 Å². The number of rotatable bonds is 2. The van der Waals surface area contributed by atoms with Crippen molar-refractivity contribution in [3.05, 3.63) is 42.0 Å². The summed E-state index contributed by atoms with van der Waals surface area (Å²) in [5.74, 6) is 0.901. The van der Waals surface area contributed by atoms with Crippen molar-refractivity contribution in [3.8, 4) is 11.6 Å². The van der Waals surface area contributed by atoms with Crippen LogP contribution in [0.25, 0.3) is 0 Å². The summed E-state index contributed by atoms with van der Waals surface area (Å²) in [4.78, 5) is 7.64. The molecule has 0 amide bonds. The maximum atomic E-state index is 12.8. The molecule has 0 aliphatic rings. The zero-order chi connectivity index (χ0) is 11.5. The van der Waals surface area contributed by atoms with Crippen molar-refractivity contribution >= 4 is 5.82 Å². The first-order valence-electron chi connectivity index (χ1n) is 4.66. The highest BCUT2D eigenvalue weighted by atomic mass is 19.1. The molecule has 1 heterocycles. The van der Waals surface area contributed by atoms with Gasteiger partial charge in [0.25, 0.3) is 0 Å². The molecule has 0 saturated heterocycles. The minimum Gasteiger partial charge on any atom is -0.439 e. The van der Waals surface area contributed by atoms with Crippen LogP contribution in [0.2, 0.25) is 0 Å². The number of benzene rings is 1. The molecule has 82 valence electrons. The molecule has 4 nitrogen and oxygen atoms in total. The van der Waals surface area contributed by atoms with Crippen molar-refractivity contribution in [2.45, 2.75) is 6.92 Å². The van der Waals surface area contributed by atoms with Crippen LogP contribution in [-0.2, 0) is 0 Å². The van der Waals surface area contributed by atoms with Crippen LogP contribution >= 0.6 is 0 Å². The van der Waals surface area contributed by atoms with Gasteiger partial charge in [-0.3, -0.25) is 0 Å². The molecule has 0 bridgehead atoms. The summed E-state index contributed by atoms with van der Waals surface area (Å²) in [6, 6.07) is 5.76. The number of aromatic nitrogens is 2. The first-order chi connectivity index (χ1) is 7.65. The van der Waals surface area contributed by atoms with Crippen LogP contribution in [0.15, 0.2) is 30.6 Å². The number of nitrogens with two attached hydrogens (primary N) is 1. The molecule has 1 aromatic carbocycles. The van der Waals surface area contributed by atoms with E-state index in [4.69, 9.17) is 10.5 Å². The summed E-state index contributed by atoms with van der Waals surface area (Å²) in [6.07, 6.45) is 1.31. The number of ether oxygens (including phenoxy) is 1. The summed E-state index contributed by atoms with van der Waals surface area (Å²) in [6.45, 7) is 1.75. The Morgan fingerprint density at radius 3 is 2.75 bits per heavy atom. The van der Waals surface area contributed by atoms with Gasteiger partial charge in [-0.2, -0.15) is 0 Å². The maximum absolute atomic E-state index is 12.8. The Morgan fingerprint density at radius 1 is 1.25 bits per heavy atom. The van der Waals surface area contributed by atoms with E-state index in [0.29, 0.717) is 23.0 Å². The monoisotopic (exact) mass is 219 g/mol. The normalized spacial score (nSPS) is 10.1. The summed E-state index contributed by atoms with van der Waals surface area (Å²) >= 11 is 0. The van der Waals surface area contributed by atoms with Gasteiger partial charge in [0.2, 0.25) is 5.88 Å². The van der Waals surface area contributed by atoms with Crippen LogP contribution in [0.3, 0.4) is 0 Å². The second-order valence-corrected chi connectivity index (χ2v) is 3.29. The van der Waals surface area contributed by atoms with Gasteiger partial charge in [0.05, 0.1) is 0 Å². The van der Waals surface area contributed by atoms with Crippen molar-refractivity contribution in [3.63, 3.8) is 0 Å². The Labute approximate surface area is 91.9 Å². The second kappa shape index (κ2) is 4.14. The van der Waals surface area contributed by atoms with E-state index < -0.39 is 0 Å². The van der Waals surface area contributed by atoms with Gasteiger partial charge >= 0.3 is 0 Å². The lowest BCUT2D eigenvalue weighted by molar-refractivity contribution is 0.456. The van der Waals surface area contributed by atoms with Gasteiger partial charge in [-0.25, -0.2) is 14.4 Å². The predicted octanol–water partition coefficient (Wildman–Crippen LogP) is 2.30. The largest absolute Gasteiger partial charge is 0.439 e. The van der Waals surface area contributed by atoms with E-state index in [0.717, 1.165) is 0 Å². The smallest absolute Gasteiger partial charge is 0.224 e. The number of anilines is 1. The van der Waals surface area contributed by atoms with Gasteiger partial charge in [0, 0.05) is 6.07 Å². The van der Waals surface area contributed by atoms with Crippen LogP contribution in [0.4, 0.5) is 10.2 Å². The third-order valence-electron chi connectivity index (χ3n) is 2.01. The zero-order valence-electron chi connectivity index (χ0n) is 8.64.